The summed E-state index contributed by atoms with van der Waals surface area (Å²) in [5.41, 5.74) is -1.09. The molecule has 0 saturated heterocycles. The Morgan fingerprint density at radius 1 is 0.597 bits per heavy atom. The van der Waals surface area contributed by atoms with E-state index in [2.05, 4.69) is 42.4 Å². The lowest BCUT2D eigenvalue weighted by molar-refractivity contribution is -0.138. The summed E-state index contributed by atoms with van der Waals surface area (Å²) in [4.78, 5) is 55.8. The number of hydrogen-bond donors (Lipinski definition) is 2. The quantitative estimate of drug-likeness (QED) is 0.0598. The largest absolute Gasteiger partial charge is 0.478 e. The average Bonchev–Trinajstić information content (AvgIpc) is 3.96. The minimum atomic E-state index is -5.00. The van der Waals surface area contributed by atoms with Crippen molar-refractivity contribution in [3.05, 3.63) is 118 Å². The number of carboxylic acid groups (broad SMARTS) is 2. The number of pyridine rings is 2. The molecule has 0 aliphatic carbocycles. The zero-order valence-corrected chi connectivity index (χ0v) is 34.3. The van der Waals surface area contributed by atoms with Gasteiger partial charge in [0.05, 0.1) is 51.8 Å². The number of ketones is 2. The third kappa shape index (κ3) is 13.4. The second kappa shape index (κ2) is 20.3. The molecule has 0 spiro atoms. The molecular formula is C44H31F9N8O6. The van der Waals surface area contributed by atoms with Gasteiger partial charge in [-0.2, -0.15) is 39.5 Å². The van der Waals surface area contributed by atoms with Crippen molar-refractivity contribution in [1.29, 1.82) is 0 Å². The lowest BCUT2D eigenvalue weighted by atomic mass is 10.0. The van der Waals surface area contributed by atoms with Crippen molar-refractivity contribution in [2.75, 3.05) is 0 Å². The van der Waals surface area contributed by atoms with Crippen LogP contribution in [-0.2, 0) is 6.18 Å². The van der Waals surface area contributed by atoms with E-state index in [1.807, 2.05) is 0 Å². The van der Waals surface area contributed by atoms with Crippen LogP contribution in [0.15, 0.2) is 73.1 Å². The van der Waals surface area contributed by atoms with Crippen LogP contribution in [0, 0.1) is 31.6 Å². The Kier molecular flexibility index (Phi) is 15.1. The summed E-state index contributed by atoms with van der Waals surface area (Å²) in [6.45, 7) is 1.59. The standard InChI is InChI=1S/C30H21F6N7O5.C14H10F3NO/c1-15-9-17(4-6-19(15)27(45)46)42-13-24(38-40-42)22-10-16(26(44)3-2-8-29(31,32)33)11-23(37-22)25-14-43(41-39-25)18-5-7-20(28(47)48)21(12-18)30(34,35)36;1-3-11-8-10(9-12(4-2)18-11)13(19)6-5-7-14(15,16)17/h4-7,9-14H,2-3,8H2,1H3,(H,45,46)(H,47,48);1-2,8-9H,5-7H2. The van der Waals surface area contributed by atoms with Crippen LogP contribution >= 0.6 is 0 Å². The third-order valence-electron chi connectivity index (χ3n) is 9.34. The maximum atomic E-state index is 13.6. The highest BCUT2D eigenvalue weighted by Gasteiger charge is 2.36. The smallest absolute Gasteiger partial charge is 0.417 e. The van der Waals surface area contributed by atoms with Gasteiger partial charge < -0.3 is 10.2 Å². The molecule has 0 bridgehead atoms. The molecule has 4 aromatic heterocycles. The normalized spacial score (nSPS) is 11.5. The predicted molar refractivity (Wildman–Crippen MR) is 217 cm³/mol. The van der Waals surface area contributed by atoms with Crippen LogP contribution in [0.3, 0.4) is 0 Å². The van der Waals surface area contributed by atoms with Gasteiger partial charge in [0.15, 0.2) is 11.6 Å². The van der Waals surface area contributed by atoms with Gasteiger partial charge in [-0.25, -0.2) is 28.9 Å². The van der Waals surface area contributed by atoms with E-state index >= 15 is 0 Å². The number of Topliss-reactive ketones (excluding diaryl/α,β-unsaturated/α-hetero) is 2. The molecular weight excluding hydrogens is 908 g/mol. The van der Waals surface area contributed by atoms with E-state index in [9.17, 15) is 68.9 Å². The molecule has 6 aromatic rings. The molecule has 67 heavy (non-hydrogen) atoms. The number of benzene rings is 2. The molecule has 23 heteroatoms. The summed E-state index contributed by atoms with van der Waals surface area (Å²) in [6, 6.07) is 12.0. The Labute approximate surface area is 372 Å². The van der Waals surface area contributed by atoms with Crippen molar-refractivity contribution in [2.45, 2.75) is 64.0 Å². The molecule has 0 radical (unpaired) electrons. The Morgan fingerprint density at radius 3 is 1.43 bits per heavy atom. The summed E-state index contributed by atoms with van der Waals surface area (Å²) in [6.07, 6.45) is -4.43. The van der Waals surface area contributed by atoms with Crippen molar-refractivity contribution >= 4 is 23.5 Å². The van der Waals surface area contributed by atoms with E-state index in [4.69, 9.17) is 12.8 Å². The topological polar surface area (TPSA) is 196 Å². The molecule has 0 fully saturated rings. The third-order valence-corrected chi connectivity index (χ3v) is 9.34. The van der Waals surface area contributed by atoms with Crippen LogP contribution < -0.4 is 0 Å². The van der Waals surface area contributed by atoms with E-state index in [0.717, 1.165) is 16.8 Å². The van der Waals surface area contributed by atoms with Gasteiger partial charge in [0.2, 0.25) is 0 Å². The first-order chi connectivity index (χ1) is 31.3. The molecule has 0 saturated carbocycles. The number of rotatable bonds is 14. The van der Waals surface area contributed by atoms with Crippen LogP contribution in [0.4, 0.5) is 39.5 Å². The van der Waals surface area contributed by atoms with Gasteiger partial charge in [-0.3, -0.25) is 9.59 Å². The van der Waals surface area contributed by atoms with Crippen LogP contribution in [0.5, 0.6) is 0 Å². The Hall–Kier alpha value is -8.21. The van der Waals surface area contributed by atoms with Crippen LogP contribution in [0.2, 0.25) is 0 Å². The molecule has 346 valence electrons. The van der Waals surface area contributed by atoms with Gasteiger partial charge in [-0.15, -0.1) is 23.0 Å². The van der Waals surface area contributed by atoms with Gasteiger partial charge in [0, 0.05) is 36.8 Å². The molecule has 2 aromatic carbocycles. The Balaban J connectivity index is 0.000000371. The second-order valence-corrected chi connectivity index (χ2v) is 14.3. The first kappa shape index (κ1) is 49.8. The molecule has 0 atom stereocenters. The van der Waals surface area contributed by atoms with Crippen molar-refractivity contribution in [2.24, 2.45) is 0 Å². The van der Waals surface area contributed by atoms with Gasteiger partial charge in [-0.05, 0) is 86.0 Å². The highest BCUT2D eigenvalue weighted by Crippen LogP contribution is 2.34. The van der Waals surface area contributed by atoms with E-state index in [0.29, 0.717) is 17.3 Å². The van der Waals surface area contributed by atoms with Gasteiger partial charge >= 0.3 is 30.5 Å². The SMILES string of the molecule is C#Cc1cc(C(=O)CCCC(F)(F)F)cc(C#C)n1.Cc1cc(-n2cc(-c3cc(C(=O)CCCC(F)(F)F)cc(-c4cn(-c5ccc(C(=O)O)c(C(F)(F)F)c5)nn4)n3)nn2)ccc1C(=O)O. The summed E-state index contributed by atoms with van der Waals surface area (Å²) >= 11 is 0. The molecule has 0 unspecified atom stereocenters. The summed E-state index contributed by atoms with van der Waals surface area (Å²) < 4.78 is 117. The number of aromatic carboxylic acids is 2. The van der Waals surface area contributed by atoms with E-state index in [1.165, 1.54) is 53.5 Å². The van der Waals surface area contributed by atoms with Gasteiger partial charge in [0.25, 0.3) is 0 Å². The maximum Gasteiger partial charge on any atom is 0.417 e. The highest BCUT2D eigenvalue weighted by molar-refractivity contribution is 5.98. The number of aryl methyl sites for hydroxylation is 1. The number of hydrogen-bond acceptors (Lipinski definition) is 10. The van der Waals surface area contributed by atoms with Gasteiger partial charge in [0.1, 0.15) is 22.8 Å². The van der Waals surface area contributed by atoms with Crippen LogP contribution in [0.25, 0.3) is 34.2 Å². The van der Waals surface area contributed by atoms with E-state index < -0.39 is 78.8 Å². The number of aromatic nitrogens is 8. The number of halogens is 9. The maximum absolute atomic E-state index is 13.6. The lowest BCUT2D eigenvalue weighted by Gasteiger charge is -2.11. The first-order valence-corrected chi connectivity index (χ1v) is 19.2. The first-order valence-electron chi connectivity index (χ1n) is 19.2. The van der Waals surface area contributed by atoms with Crippen molar-refractivity contribution in [3.63, 3.8) is 0 Å². The Bertz CT molecular complexity index is 2910. The summed E-state index contributed by atoms with van der Waals surface area (Å²) in [5.74, 6) is 0.472. The minimum absolute atomic E-state index is 0.0349. The van der Waals surface area contributed by atoms with Crippen molar-refractivity contribution < 1.29 is 68.9 Å². The minimum Gasteiger partial charge on any atom is -0.478 e. The zero-order valence-electron chi connectivity index (χ0n) is 34.3. The number of nitrogens with zero attached hydrogens (tertiary/aromatic N) is 8. The Morgan fingerprint density at radius 2 is 1.03 bits per heavy atom. The van der Waals surface area contributed by atoms with E-state index in [1.54, 1.807) is 13.0 Å². The van der Waals surface area contributed by atoms with Crippen LogP contribution in [0.1, 0.15) is 102 Å². The number of carbonyl (C=O) groups is 4. The molecule has 0 amide bonds. The molecule has 0 aliphatic heterocycles. The molecule has 14 nitrogen and oxygen atoms in total. The monoisotopic (exact) mass is 938 g/mol. The number of terminal acetylenes is 2. The predicted octanol–water partition coefficient (Wildman–Crippen LogP) is 9.18. The molecule has 0 aliphatic rings. The van der Waals surface area contributed by atoms with E-state index in [-0.39, 0.29) is 69.4 Å². The summed E-state index contributed by atoms with van der Waals surface area (Å²) in [5, 5.41) is 34.3. The fourth-order valence-corrected chi connectivity index (χ4v) is 6.12. The molecule has 6 rings (SSSR count). The van der Waals surface area contributed by atoms with Gasteiger partial charge in [-0.1, -0.05) is 22.3 Å². The fourth-order valence-electron chi connectivity index (χ4n) is 6.12. The van der Waals surface area contributed by atoms with Crippen molar-refractivity contribution in [1.82, 2.24) is 40.0 Å². The highest BCUT2D eigenvalue weighted by atomic mass is 19.4. The summed E-state index contributed by atoms with van der Waals surface area (Å²) in [7, 11) is 0. The van der Waals surface area contributed by atoms with Crippen molar-refractivity contribution in [3.8, 4) is 58.8 Å². The molecule has 2 N–H and O–H groups in total. The molecule has 4 heterocycles. The number of alkyl halides is 9. The number of carboxylic acids is 2. The zero-order chi connectivity index (χ0) is 49.4. The second-order valence-electron chi connectivity index (χ2n) is 14.3. The number of carbonyl (C=O) groups excluding carboxylic acids is 2. The lowest BCUT2D eigenvalue weighted by Crippen LogP contribution is -2.14. The average molecular weight is 939 g/mol. The fraction of sp³-hybridized carbons (Fsp3) is 0.227. The van der Waals surface area contributed by atoms with Crippen LogP contribution in [-0.4, -0.2) is 86.0 Å².